The number of benzene rings is 1. The van der Waals surface area contributed by atoms with Crippen molar-refractivity contribution in [2.75, 3.05) is 6.61 Å². The summed E-state index contributed by atoms with van der Waals surface area (Å²) < 4.78 is 2.17. The molecule has 1 aromatic heterocycles. The van der Waals surface area contributed by atoms with Crippen LogP contribution in [-0.4, -0.2) is 38.2 Å². The second kappa shape index (κ2) is 6.16. The number of hydrogen-bond acceptors (Lipinski definition) is 3. The summed E-state index contributed by atoms with van der Waals surface area (Å²) in [6, 6.07) is 9.41. The molecule has 2 atom stereocenters. The Bertz CT molecular complexity index is 597. The molecule has 2 unspecified atom stereocenters. The molecule has 21 heavy (non-hydrogen) atoms. The van der Waals surface area contributed by atoms with Crippen LogP contribution in [0, 0.1) is 0 Å². The van der Waals surface area contributed by atoms with Gasteiger partial charge in [0.15, 0.2) is 0 Å². The molecule has 114 valence electrons. The largest absolute Gasteiger partial charge is 0.395 e. The highest BCUT2D eigenvalue weighted by molar-refractivity contribution is 5.75. The molecule has 1 aromatic carbocycles. The fourth-order valence-electron chi connectivity index (χ4n) is 3.55. The summed E-state index contributed by atoms with van der Waals surface area (Å²) in [5.41, 5.74) is 2.15. The van der Waals surface area contributed by atoms with E-state index in [1.165, 1.54) is 19.3 Å². The normalized spacial score (nSPS) is 23.8. The summed E-state index contributed by atoms with van der Waals surface area (Å²) in [5.74, 6) is 1.07. The molecular formula is C17H25N3O. The second-order valence-corrected chi connectivity index (χ2v) is 6.19. The fraction of sp³-hybridized carbons (Fsp3) is 0.588. The van der Waals surface area contributed by atoms with Crippen LogP contribution in [-0.2, 0) is 13.1 Å². The van der Waals surface area contributed by atoms with Gasteiger partial charge in [0.2, 0.25) is 0 Å². The molecule has 1 fully saturated rings. The highest BCUT2D eigenvalue weighted by Crippen LogP contribution is 2.25. The first kappa shape index (κ1) is 14.5. The Balaban J connectivity index is 1.93. The van der Waals surface area contributed by atoms with Crippen LogP contribution in [0.1, 0.15) is 38.9 Å². The zero-order chi connectivity index (χ0) is 14.8. The van der Waals surface area contributed by atoms with Crippen molar-refractivity contribution >= 4 is 11.0 Å². The summed E-state index contributed by atoms with van der Waals surface area (Å²) in [5, 5.41) is 9.37. The molecule has 1 aliphatic heterocycles. The topological polar surface area (TPSA) is 41.3 Å². The number of piperidine rings is 1. The molecule has 1 saturated heterocycles. The van der Waals surface area contributed by atoms with Gasteiger partial charge in [0, 0.05) is 18.6 Å². The molecule has 1 aliphatic rings. The van der Waals surface area contributed by atoms with E-state index in [-0.39, 0.29) is 6.61 Å². The Morgan fingerprint density at radius 2 is 1.90 bits per heavy atom. The van der Waals surface area contributed by atoms with E-state index in [1.54, 1.807) is 0 Å². The smallest absolute Gasteiger partial charge is 0.124 e. The van der Waals surface area contributed by atoms with E-state index in [0.29, 0.717) is 18.6 Å². The van der Waals surface area contributed by atoms with Crippen molar-refractivity contribution in [1.82, 2.24) is 14.5 Å². The van der Waals surface area contributed by atoms with E-state index in [4.69, 9.17) is 4.98 Å². The van der Waals surface area contributed by atoms with Gasteiger partial charge < -0.3 is 9.67 Å². The molecule has 4 nitrogen and oxygen atoms in total. The third-order valence-electron chi connectivity index (χ3n) is 4.76. The Morgan fingerprint density at radius 3 is 2.62 bits per heavy atom. The van der Waals surface area contributed by atoms with Crippen LogP contribution >= 0.6 is 0 Å². The summed E-state index contributed by atoms with van der Waals surface area (Å²) in [6.45, 7) is 6.27. The monoisotopic (exact) mass is 287 g/mol. The van der Waals surface area contributed by atoms with Crippen molar-refractivity contribution in [1.29, 1.82) is 0 Å². The molecule has 2 aromatic rings. The summed E-state index contributed by atoms with van der Waals surface area (Å²) in [6.07, 6.45) is 3.86. The fourth-order valence-corrected chi connectivity index (χ4v) is 3.55. The van der Waals surface area contributed by atoms with Gasteiger partial charge in [-0.2, -0.15) is 0 Å². The average Bonchev–Trinajstić information content (AvgIpc) is 2.82. The maximum Gasteiger partial charge on any atom is 0.124 e. The molecule has 0 saturated carbocycles. The number of aliphatic hydroxyl groups excluding tert-OH is 1. The average molecular weight is 287 g/mol. The van der Waals surface area contributed by atoms with Crippen molar-refractivity contribution in [2.45, 2.75) is 58.3 Å². The van der Waals surface area contributed by atoms with Gasteiger partial charge in [-0.3, -0.25) is 4.90 Å². The van der Waals surface area contributed by atoms with Crippen LogP contribution < -0.4 is 0 Å². The number of nitrogens with zero attached hydrogens (tertiary/aromatic N) is 3. The maximum atomic E-state index is 9.37. The van der Waals surface area contributed by atoms with Gasteiger partial charge in [0.25, 0.3) is 0 Å². The highest BCUT2D eigenvalue weighted by Gasteiger charge is 2.26. The first-order chi connectivity index (χ1) is 10.2. The maximum absolute atomic E-state index is 9.37. The van der Waals surface area contributed by atoms with E-state index < -0.39 is 0 Å². The van der Waals surface area contributed by atoms with Crippen LogP contribution in [0.25, 0.3) is 11.0 Å². The quantitative estimate of drug-likeness (QED) is 0.940. The van der Waals surface area contributed by atoms with Crippen LogP contribution in [0.15, 0.2) is 24.3 Å². The first-order valence-corrected chi connectivity index (χ1v) is 8.01. The van der Waals surface area contributed by atoms with Crippen molar-refractivity contribution < 1.29 is 5.11 Å². The van der Waals surface area contributed by atoms with Gasteiger partial charge in [-0.25, -0.2) is 4.98 Å². The van der Waals surface area contributed by atoms with Crippen molar-refractivity contribution in [3.63, 3.8) is 0 Å². The lowest BCUT2D eigenvalue weighted by Crippen LogP contribution is -2.43. The lowest BCUT2D eigenvalue weighted by atomic mass is 9.97. The molecule has 0 aliphatic carbocycles. The molecular weight excluding hydrogens is 262 g/mol. The minimum absolute atomic E-state index is 0.151. The van der Waals surface area contributed by atoms with Crippen molar-refractivity contribution in [3.05, 3.63) is 30.1 Å². The summed E-state index contributed by atoms with van der Waals surface area (Å²) >= 11 is 0. The summed E-state index contributed by atoms with van der Waals surface area (Å²) in [4.78, 5) is 7.36. The van der Waals surface area contributed by atoms with Crippen LogP contribution in [0.3, 0.4) is 0 Å². The second-order valence-electron chi connectivity index (χ2n) is 6.19. The molecule has 0 bridgehead atoms. The van der Waals surface area contributed by atoms with E-state index in [2.05, 4.69) is 35.4 Å². The van der Waals surface area contributed by atoms with Crippen molar-refractivity contribution in [2.24, 2.45) is 0 Å². The number of para-hydroxylation sites is 2. The van der Waals surface area contributed by atoms with Gasteiger partial charge in [-0.15, -0.1) is 0 Å². The molecule has 0 amide bonds. The third-order valence-corrected chi connectivity index (χ3v) is 4.76. The minimum atomic E-state index is 0.151. The number of likely N-dealkylation sites (tertiary alicyclic amines) is 1. The molecule has 3 rings (SSSR count). The molecule has 0 spiro atoms. The Kier molecular flexibility index (Phi) is 4.27. The standard InChI is InChI=1S/C17H25N3O/c1-13-6-5-7-14(2)20(13)12-17-18-15-8-3-4-9-16(15)19(17)10-11-21/h3-4,8-9,13-14,21H,5-7,10-12H2,1-2H3. The Labute approximate surface area is 126 Å². The van der Waals surface area contributed by atoms with Gasteiger partial charge >= 0.3 is 0 Å². The minimum Gasteiger partial charge on any atom is -0.395 e. The van der Waals surface area contributed by atoms with E-state index in [1.807, 2.05) is 12.1 Å². The van der Waals surface area contributed by atoms with E-state index in [0.717, 1.165) is 23.4 Å². The number of hydrogen-bond donors (Lipinski definition) is 1. The van der Waals surface area contributed by atoms with Crippen molar-refractivity contribution in [3.8, 4) is 0 Å². The molecule has 2 heterocycles. The number of aliphatic hydroxyl groups is 1. The predicted octanol–water partition coefficient (Wildman–Crippen LogP) is 2.79. The highest BCUT2D eigenvalue weighted by atomic mass is 16.3. The number of fused-ring (bicyclic) bond motifs is 1. The molecule has 4 heteroatoms. The Hall–Kier alpha value is -1.39. The molecule has 0 radical (unpaired) electrons. The van der Waals surface area contributed by atoms with Crippen LogP contribution in [0.4, 0.5) is 0 Å². The number of rotatable bonds is 4. The Morgan fingerprint density at radius 1 is 1.19 bits per heavy atom. The third kappa shape index (κ3) is 2.83. The summed E-state index contributed by atoms with van der Waals surface area (Å²) in [7, 11) is 0. The predicted molar refractivity (Wildman–Crippen MR) is 85.1 cm³/mol. The first-order valence-electron chi connectivity index (χ1n) is 8.01. The van der Waals surface area contributed by atoms with Crippen LogP contribution in [0.5, 0.6) is 0 Å². The van der Waals surface area contributed by atoms with Crippen LogP contribution in [0.2, 0.25) is 0 Å². The molecule has 1 N–H and O–H groups in total. The van der Waals surface area contributed by atoms with Gasteiger partial charge in [0.1, 0.15) is 5.82 Å². The zero-order valence-electron chi connectivity index (χ0n) is 13.0. The van der Waals surface area contributed by atoms with E-state index >= 15 is 0 Å². The zero-order valence-corrected chi connectivity index (χ0v) is 13.0. The number of aromatic nitrogens is 2. The SMILES string of the molecule is CC1CCCC(C)N1Cc1nc2ccccc2n1CCO. The van der Waals surface area contributed by atoms with Gasteiger partial charge in [0.05, 0.1) is 24.2 Å². The van der Waals surface area contributed by atoms with E-state index in [9.17, 15) is 5.11 Å². The lowest BCUT2D eigenvalue weighted by Gasteiger charge is -2.38. The van der Waals surface area contributed by atoms with Gasteiger partial charge in [-0.1, -0.05) is 18.6 Å². The number of imidazole rings is 1. The van der Waals surface area contributed by atoms with Gasteiger partial charge in [-0.05, 0) is 38.8 Å². The lowest BCUT2D eigenvalue weighted by molar-refractivity contribution is 0.0907.